The molecule has 0 aliphatic rings. The predicted octanol–water partition coefficient (Wildman–Crippen LogP) is 1.68. The summed E-state index contributed by atoms with van der Waals surface area (Å²) in [5, 5.41) is 4.28. The number of benzene rings is 2. The minimum absolute atomic E-state index is 0.213. The number of fused-ring (bicyclic) bond motifs is 1. The van der Waals surface area contributed by atoms with Crippen molar-refractivity contribution in [1.29, 1.82) is 0 Å². The lowest BCUT2D eigenvalue weighted by Gasteiger charge is -2.12. The van der Waals surface area contributed by atoms with Crippen molar-refractivity contribution in [3.63, 3.8) is 0 Å². The maximum atomic E-state index is 13.0. The average molecular weight is 437 g/mol. The van der Waals surface area contributed by atoms with Crippen molar-refractivity contribution in [2.45, 2.75) is 6.42 Å². The van der Waals surface area contributed by atoms with Crippen molar-refractivity contribution in [2.24, 2.45) is 0 Å². The van der Waals surface area contributed by atoms with Crippen LogP contribution >= 0.6 is 11.3 Å². The fraction of sp³-hybridized carbons (Fsp3) is 0.182. The molecule has 31 heavy (non-hydrogen) atoms. The van der Waals surface area contributed by atoms with Gasteiger partial charge in [-0.1, -0.05) is 41.7 Å². The minimum Gasteiger partial charge on any atom is -0.496 e. The molecule has 0 amide bonds. The Bertz CT molecular complexity index is 1390. The van der Waals surface area contributed by atoms with E-state index in [2.05, 4.69) is 10.1 Å². The molecule has 0 radical (unpaired) electrons. The summed E-state index contributed by atoms with van der Waals surface area (Å²) in [5.74, 6) is 1.52. The van der Waals surface area contributed by atoms with Gasteiger partial charge in [0, 0.05) is 18.6 Å². The van der Waals surface area contributed by atoms with Crippen molar-refractivity contribution in [3.8, 4) is 17.2 Å². The molecule has 0 bridgehead atoms. The number of nitrogens with zero attached hydrogens (tertiary/aromatic N) is 3. The molecule has 0 aliphatic carbocycles. The van der Waals surface area contributed by atoms with Crippen LogP contribution in [0.25, 0.3) is 11.0 Å². The molecule has 0 unspecified atom stereocenters. The van der Waals surface area contributed by atoms with Crippen LogP contribution in [0.15, 0.2) is 52.1 Å². The quantitative estimate of drug-likeness (QED) is 0.453. The Kier molecular flexibility index (Phi) is 5.68. The third kappa shape index (κ3) is 3.99. The molecule has 2 aromatic carbocycles. The molecule has 2 aromatic heterocycles. The second kappa shape index (κ2) is 8.57. The van der Waals surface area contributed by atoms with Crippen molar-refractivity contribution < 1.29 is 14.2 Å². The lowest BCUT2D eigenvalue weighted by Crippen LogP contribution is -2.28. The Labute approximate surface area is 181 Å². The number of rotatable bonds is 6. The molecule has 0 aliphatic heterocycles. The minimum atomic E-state index is -0.448. The first-order valence-corrected chi connectivity index (χ1v) is 10.1. The second-order valence-corrected chi connectivity index (χ2v) is 7.59. The van der Waals surface area contributed by atoms with E-state index in [4.69, 9.17) is 14.2 Å². The Hall–Kier alpha value is -3.72. The number of hydrogen-bond donors (Lipinski definition) is 0. The van der Waals surface area contributed by atoms with Crippen LogP contribution in [0.5, 0.6) is 17.2 Å². The van der Waals surface area contributed by atoms with Gasteiger partial charge in [-0.3, -0.25) is 9.59 Å². The first-order chi connectivity index (χ1) is 15.0. The van der Waals surface area contributed by atoms with Crippen LogP contribution in [0.2, 0.25) is 0 Å². The monoisotopic (exact) mass is 437 g/mol. The third-order valence-corrected chi connectivity index (χ3v) is 5.65. The van der Waals surface area contributed by atoms with Gasteiger partial charge in [0.1, 0.15) is 22.9 Å². The summed E-state index contributed by atoms with van der Waals surface area (Å²) >= 11 is 1.08. The Morgan fingerprint density at radius 3 is 2.29 bits per heavy atom. The summed E-state index contributed by atoms with van der Waals surface area (Å²) in [5.41, 5.74) is 0.876. The molecular weight excluding hydrogens is 418 g/mol. The molecule has 9 heteroatoms. The van der Waals surface area contributed by atoms with Crippen LogP contribution in [0.3, 0.4) is 0 Å². The normalized spacial score (nSPS) is 11.6. The molecule has 2 heterocycles. The van der Waals surface area contributed by atoms with E-state index in [9.17, 15) is 9.59 Å². The van der Waals surface area contributed by atoms with Crippen molar-refractivity contribution in [3.05, 3.63) is 84.5 Å². The lowest BCUT2D eigenvalue weighted by atomic mass is 10.1. The summed E-state index contributed by atoms with van der Waals surface area (Å²) in [4.78, 5) is 29.7. The van der Waals surface area contributed by atoms with Gasteiger partial charge in [0.15, 0.2) is 0 Å². The van der Waals surface area contributed by atoms with Gasteiger partial charge in [0.05, 0.1) is 31.4 Å². The zero-order chi connectivity index (χ0) is 22.0. The van der Waals surface area contributed by atoms with Gasteiger partial charge in [0.2, 0.25) is 4.96 Å². The fourth-order valence-corrected chi connectivity index (χ4v) is 4.03. The van der Waals surface area contributed by atoms with Gasteiger partial charge in [-0.25, -0.2) is 0 Å². The third-order valence-electron chi connectivity index (χ3n) is 4.69. The topological polar surface area (TPSA) is 92.0 Å². The highest BCUT2D eigenvalue weighted by Crippen LogP contribution is 2.34. The summed E-state index contributed by atoms with van der Waals surface area (Å²) in [6.45, 7) is 0. The Morgan fingerprint density at radius 1 is 1.00 bits per heavy atom. The first-order valence-electron chi connectivity index (χ1n) is 9.32. The van der Waals surface area contributed by atoms with E-state index in [0.717, 1.165) is 16.9 Å². The summed E-state index contributed by atoms with van der Waals surface area (Å²) in [6, 6.07) is 12.8. The van der Waals surface area contributed by atoms with Crippen LogP contribution in [0.4, 0.5) is 0 Å². The van der Waals surface area contributed by atoms with Crippen molar-refractivity contribution >= 4 is 22.4 Å². The van der Waals surface area contributed by atoms with Gasteiger partial charge in [-0.15, -0.1) is 0 Å². The van der Waals surface area contributed by atoms with Crippen LogP contribution in [-0.2, 0) is 6.42 Å². The summed E-state index contributed by atoms with van der Waals surface area (Å²) in [6.07, 6.45) is 1.94. The van der Waals surface area contributed by atoms with E-state index in [1.165, 1.54) is 18.7 Å². The largest absolute Gasteiger partial charge is 0.496 e. The van der Waals surface area contributed by atoms with Gasteiger partial charge in [-0.2, -0.15) is 14.6 Å². The van der Waals surface area contributed by atoms with E-state index in [1.807, 2.05) is 30.3 Å². The maximum Gasteiger partial charge on any atom is 0.296 e. The van der Waals surface area contributed by atoms with E-state index in [0.29, 0.717) is 33.8 Å². The lowest BCUT2D eigenvalue weighted by molar-refractivity contribution is 0.374. The van der Waals surface area contributed by atoms with E-state index < -0.39 is 5.56 Å². The molecule has 4 rings (SSSR count). The number of hydrogen-bond acceptors (Lipinski definition) is 8. The first kappa shape index (κ1) is 20.5. The van der Waals surface area contributed by atoms with Crippen LogP contribution in [-0.4, -0.2) is 35.9 Å². The number of aromatic nitrogens is 3. The van der Waals surface area contributed by atoms with Gasteiger partial charge < -0.3 is 14.2 Å². The predicted molar refractivity (Wildman–Crippen MR) is 118 cm³/mol. The molecule has 0 spiro atoms. The van der Waals surface area contributed by atoms with Crippen LogP contribution in [0.1, 0.15) is 16.8 Å². The number of methoxy groups -OCH3 is 3. The van der Waals surface area contributed by atoms with E-state index in [-0.39, 0.29) is 16.2 Å². The van der Waals surface area contributed by atoms with Crippen LogP contribution < -0.4 is 29.9 Å². The van der Waals surface area contributed by atoms with Gasteiger partial charge in [0.25, 0.3) is 11.1 Å². The van der Waals surface area contributed by atoms with Crippen LogP contribution in [0, 0.1) is 0 Å². The molecular formula is C22H19N3O5S. The highest BCUT2D eigenvalue weighted by Gasteiger charge is 2.15. The number of thiazole rings is 1. The Balaban J connectivity index is 1.87. The highest BCUT2D eigenvalue weighted by atomic mass is 32.1. The molecule has 0 fully saturated rings. The smallest absolute Gasteiger partial charge is 0.296 e. The zero-order valence-corrected chi connectivity index (χ0v) is 17.9. The summed E-state index contributed by atoms with van der Waals surface area (Å²) < 4.78 is 17.7. The molecule has 4 aromatic rings. The average Bonchev–Trinajstić information content (AvgIpc) is 3.09. The standard InChI is InChI=1S/C22H19N3O5S/c1-28-14-10-17(29-2)15(18(11-14)30-3)12-19-21(27)25-22(31-19)23-20(26)16(24-25)9-13-7-5-4-6-8-13/h4-8,10-12H,9H2,1-3H3. The Morgan fingerprint density at radius 2 is 1.68 bits per heavy atom. The second-order valence-electron chi connectivity index (χ2n) is 6.58. The fourth-order valence-electron chi connectivity index (χ4n) is 3.15. The molecule has 0 N–H and O–H groups in total. The van der Waals surface area contributed by atoms with E-state index in [1.54, 1.807) is 25.3 Å². The number of ether oxygens (including phenoxy) is 3. The van der Waals surface area contributed by atoms with Gasteiger partial charge in [-0.05, 0) is 11.6 Å². The maximum absolute atomic E-state index is 13.0. The summed E-state index contributed by atoms with van der Waals surface area (Å²) in [7, 11) is 4.58. The molecule has 8 nitrogen and oxygen atoms in total. The van der Waals surface area contributed by atoms with Crippen molar-refractivity contribution in [2.75, 3.05) is 21.3 Å². The van der Waals surface area contributed by atoms with Crippen molar-refractivity contribution in [1.82, 2.24) is 14.6 Å². The SMILES string of the molecule is COc1cc(OC)c(C=c2sc3nc(=O)c(Cc4ccccc4)nn3c2=O)c(OC)c1. The molecule has 0 atom stereocenters. The highest BCUT2D eigenvalue weighted by molar-refractivity contribution is 7.15. The molecule has 0 saturated carbocycles. The molecule has 0 saturated heterocycles. The molecule has 158 valence electrons. The van der Waals surface area contributed by atoms with Gasteiger partial charge >= 0.3 is 0 Å². The zero-order valence-electron chi connectivity index (χ0n) is 17.1. The van der Waals surface area contributed by atoms with E-state index >= 15 is 0 Å².